The number of hydrogen-bond donors (Lipinski definition) is 0. The van der Waals surface area contributed by atoms with E-state index in [-0.39, 0.29) is 40.1 Å². The first-order chi connectivity index (χ1) is 2.64. The van der Waals surface area contributed by atoms with Crippen molar-refractivity contribution in [2.24, 2.45) is 0 Å². The molecule has 0 aliphatic carbocycles. The predicted octanol–water partition coefficient (Wildman–Crippen LogP) is -0.210. The molecule has 0 amide bonds. The zero-order valence-electron chi connectivity index (χ0n) is 5.25. The molecule has 49 valence electrons. The van der Waals surface area contributed by atoms with Gasteiger partial charge in [0, 0.05) is 44.0 Å². The van der Waals surface area contributed by atoms with E-state index in [2.05, 4.69) is 0 Å². The Balaban J connectivity index is -0.000000125. The zero-order valence-corrected chi connectivity index (χ0v) is 8.90. The molecule has 0 aromatic heterocycles. The Bertz CT molecular complexity index is 68.3. The average molecular weight is 212 g/mol. The van der Waals surface area contributed by atoms with E-state index in [9.17, 15) is 8.76 Å². The van der Waals surface area contributed by atoms with Crippen molar-refractivity contribution >= 4 is 11.3 Å². The van der Waals surface area contributed by atoms with Crippen LogP contribution in [-0.2, 0) is 44.0 Å². The molecule has 0 N–H and O–H groups in total. The van der Waals surface area contributed by atoms with E-state index < -0.39 is 11.3 Å². The smallest absolute Gasteiger partial charge is 0.0203 e. The molecule has 0 bridgehead atoms. The van der Waals surface area contributed by atoms with Crippen molar-refractivity contribution in [2.45, 2.75) is 0 Å². The van der Waals surface area contributed by atoms with Crippen LogP contribution in [0.15, 0.2) is 0 Å². The third-order valence-electron chi connectivity index (χ3n) is 0.298. The van der Waals surface area contributed by atoms with E-state index in [0.717, 1.165) is 4.31 Å². The summed E-state index contributed by atoms with van der Waals surface area (Å²) in [6.45, 7) is 0. The SMILES string of the molecule is CN(C)S(=O)[O-].[CH3-].[Y]. The summed E-state index contributed by atoms with van der Waals surface area (Å²) < 4.78 is 20.3. The van der Waals surface area contributed by atoms with Gasteiger partial charge >= 0.3 is 0 Å². The van der Waals surface area contributed by atoms with Gasteiger partial charge in [0.05, 0.1) is 0 Å². The Kier molecular flexibility index (Phi) is 16.4. The zero-order chi connectivity index (χ0) is 5.15. The first kappa shape index (κ1) is 16.1. The fraction of sp³-hybridized carbons (Fsp3) is 0.667. The number of hydrogen-bond acceptors (Lipinski definition) is 2. The molecular formula is C3H9NO2SY-2. The van der Waals surface area contributed by atoms with Gasteiger partial charge in [0.25, 0.3) is 0 Å². The molecule has 1 radical (unpaired) electrons. The van der Waals surface area contributed by atoms with Gasteiger partial charge in [0.1, 0.15) is 0 Å². The second kappa shape index (κ2) is 8.17. The Morgan fingerprint density at radius 3 is 1.62 bits per heavy atom. The summed E-state index contributed by atoms with van der Waals surface area (Å²) in [5, 5.41) is 0. The van der Waals surface area contributed by atoms with Crippen molar-refractivity contribution < 1.29 is 41.5 Å². The molecule has 3 nitrogen and oxygen atoms in total. The van der Waals surface area contributed by atoms with Crippen LogP contribution < -0.4 is 0 Å². The van der Waals surface area contributed by atoms with Crippen LogP contribution in [0.25, 0.3) is 0 Å². The minimum atomic E-state index is -2.03. The summed E-state index contributed by atoms with van der Waals surface area (Å²) >= 11 is -2.03. The minimum absolute atomic E-state index is 0. The molecule has 0 fully saturated rings. The monoisotopic (exact) mass is 212 g/mol. The first-order valence-corrected chi connectivity index (χ1v) is 2.44. The van der Waals surface area contributed by atoms with Gasteiger partial charge in [-0.25, -0.2) is 4.31 Å². The van der Waals surface area contributed by atoms with Gasteiger partial charge in [-0.15, -0.1) is 0 Å². The van der Waals surface area contributed by atoms with E-state index in [1.807, 2.05) is 0 Å². The molecule has 0 aromatic carbocycles. The number of rotatable bonds is 1. The van der Waals surface area contributed by atoms with Gasteiger partial charge in [-0.3, -0.25) is 4.21 Å². The van der Waals surface area contributed by atoms with Crippen LogP contribution in [0, 0.1) is 7.43 Å². The van der Waals surface area contributed by atoms with Gasteiger partial charge < -0.3 is 12.0 Å². The van der Waals surface area contributed by atoms with Crippen LogP contribution in [-0.4, -0.2) is 27.2 Å². The largest absolute Gasteiger partial charge is 0.760 e. The van der Waals surface area contributed by atoms with Gasteiger partial charge in [-0.1, -0.05) is 0 Å². The average Bonchev–Trinajstić information content (AvgIpc) is 1.36. The van der Waals surface area contributed by atoms with E-state index in [1.165, 1.54) is 14.1 Å². The van der Waals surface area contributed by atoms with Crippen molar-refractivity contribution in [1.29, 1.82) is 0 Å². The van der Waals surface area contributed by atoms with Crippen LogP contribution in [0.2, 0.25) is 0 Å². The van der Waals surface area contributed by atoms with Gasteiger partial charge in [0.15, 0.2) is 0 Å². The molecule has 1 unspecified atom stereocenters. The molecule has 1 atom stereocenters. The molecule has 0 aliphatic heterocycles. The standard InChI is InChI=1S/C2H7NO2S.CH3.Y/c1-3(2)6(4)5;;/h1-2H3,(H,4,5);1H3;/q;-1;/p-1. The molecule has 0 rings (SSSR count). The van der Waals surface area contributed by atoms with Crippen LogP contribution in [0.3, 0.4) is 0 Å². The van der Waals surface area contributed by atoms with E-state index >= 15 is 0 Å². The summed E-state index contributed by atoms with van der Waals surface area (Å²) in [5.74, 6) is 0. The molecule has 0 spiro atoms. The van der Waals surface area contributed by atoms with Crippen LogP contribution in [0.5, 0.6) is 0 Å². The van der Waals surface area contributed by atoms with Crippen molar-refractivity contribution in [1.82, 2.24) is 4.31 Å². The first-order valence-electron chi connectivity index (χ1n) is 1.41. The van der Waals surface area contributed by atoms with Crippen LogP contribution in [0.1, 0.15) is 0 Å². The number of nitrogens with zero attached hydrogens (tertiary/aromatic N) is 1. The summed E-state index contributed by atoms with van der Waals surface area (Å²) in [7, 11) is 2.92. The summed E-state index contributed by atoms with van der Waals surface area (Å²) in [6.07, 6.45) is 0. The fourth-order valence-corrected chi connectivity index (χ4v) is 0. The van der Waals surface area contributed by atoms with Crippen molar-refractivity contribution in [3.8, 4) is 0 Å². The van der Waals surface area contributed by atoms with E-state index in [0.29, 0.717) is 0 Å². The Morgan fingerprint density at radius 2 is 1.62 bits per heavy atom. The third-order valence-corrected chi connectivity index (χ3v) is 0.894. The predicted molar refractivity (Wildman–Crippen MR) is 29.0 cm³/mol. The minimum Gasteiger partial charge on any atom is -0.760 e. The second-order valence-corrected chi connectivity index (χ2v) is 2.19. The fourth-order valence-electron chi connectivity index (χ4n) is 0. The molecule has 0 aromatic rings. The summed E-state index contributed by atoms with van der Waals surface area (Å²) in [6, 6.07) is 0. The molecule has 0 heterocycles. The molecule has 8 heavy (non-hydrogen) atoms. The Labute approximate surface area is 78.1 Å². The normalized spacial score (nSPS) is 11.5. The molecule has 0 aliphatic rings. The van der Waals surface area contributed by atoms with Crippen molar-refractivity contribution in [2.75, 3.05) is 14.1 Å². The van der Waals surface area contributed by atoms with Gasteiger partial charge in [-0.2, -0.15) is 0 Å². The van der Waals surface area contributed by atoms with Crippen LogP contribution in [0.4, 0.5) is 0 Å². The summed E-state index contributed by atoms with van der Waals surface area (Å²) in [5.41, 5.74) is 0. The molecule has 0 saturated heterocycles. The molecule has 0 saturated carbocycles. The second-order valence-electron chi connectivity index (χ2n) is 1.03. The van der Waals surface area contributed by atoms with E-state index in [1.54, 1.807) is 0 Å². The van der Waals surface area contributed by atoms with Gasteiger partial charge in [0.2, 0.25) is 0 Å². The Morgan fingerprint density at radius 1 is 1.50 bits per heavy atom. The molecular weight excluding hydrogens is 203 g/mol. The quantitative estimate of drug-likeness (QED) is 0.446. The summed E-state index contributed by atoms with van der Waals surface area (Å²) in [4.78, 5) is 0. The third kappa shape index (κ3) is 10.2. The van der Waals surface area contributed by atoms with Crippen molar-refractivity contribution in [3.05, 3.63) is 7.43 Å². The van der Waals surface area contributed by atoms with E-state index in [4.69, 9.17) is 0 Å². The molecule has 5 heteroatoms. The Hall–Kier alpha value is 1.17. The van der Waals surface area contributed by atoms with Gasteiger partial charge in [-0.05, 0) is 14.1 Å². The topological polar surface area (TPSA) is 43.4 Å². The van der Waals surface area contributed by atoms with Crippen molar-refractivity contribution in [3.63, 3.8) is 0 Å². The maximum absolute atomic E-state index is 9.62. The maximum Gasteiger partial charge on any atom is 0.0203 e. The van der Waals surface area contributed by atoms with Crippen LogP contribution >= 0.6 is 0 Å². The maximum atomic E-state index is 9.62.